The average molecular weight is 540 g/mol. The molecule has 37 heavy (non-hydrogen) atoms. The number of ether oxygens (including phenoxy) is 1. The Morgan fingerprint density at radius 3 is 2.65 bits per heavy atom. The molecule has 0 spiro atoms. The molecule has 1 fully saturated rings. The van der Waals surface area contributed by atoms with Crippen LogP contribution in [0.3, 0.4) is 0 Å². The quantitative estimate of drug-likeness (QED) is 0.442. The van der Waals surface area contributed by atoms with Gasteiger partial charge in [-0.25, -0.2) is 8.42 Å². The Balaban J connectivity index is 1.24. The fourth-order valence-electron chi connectivity index (χ4n) is 4.99. The molecule has 0 atom stereocenters. The minimum absolute atomic E-state index is 0.135. The maximum atomic E-state index is 12.8. The minimum atomic E-state index is -2.85. The van der Waals surface area contributed by atoms with E-state index in [1.807, 2.05) is 0 Å². The summed E-state index contributed by atoms with van der Waals surface area (Å²) in [5.74, 6) is 1.07. The van der Waals surface area contributed by atoms with Gasteiger partial charge in [0, 0.05) is 36.7 Å². The maximum Gasteiger partial charge on any atom is 0.258 e. The van der Waals surface area contributed by atoms with Crippen molar-refractivity contribution in [2.24, 2.45) is 0 Å². The number of allylic oxidation sites excluding steroid dienone is 1. The molecule has 2 aliphatic rings. The molecule has 1 aliphatic carbocycles. The molecule has 194 valence electrons. The Bertz CT molecular complexity index is 1470. The first-order chi connectivity index (χ1) is 17.8. The van der Waals surface area contributed by atoms with Gasteiger partial charge in [0.2, 0.25) is 0 Å². The van der Waals surface area contributed by atoms with Crippen LogP contribution in [0.15, 0.2) is 59.7 Å². The van der Waals surface area contributed by atoms with Gasteiger partial charge in [-0.1, -0.05) is 29.8 Å². The van der Waals surface area contributed by atoms with Gasteiger partial charge in [0.1, 0.15) is 22.2 Å². The fourth-order valence-corrected chi connectivity index (χ4v) is 6.57. The van der Waals surface area contributed by atoms with E-state index in [9.17, 15) is 13.2 Å². The molecule has 0 unspecified atom stereocenters. The molecule has 1 aliphatic heterocycles. The van der Waals surface area contributed by atoms with Crippen LogP contribution in [0.5, 0.6) is 5.75 Å². The number of nitrogens with zero attached hydrogens (tertiary/aromatic N) is 3. The summed E-state index contributed by atoms with van der Waals surface area (Å²) in [6, 6.07) is 13.6. The summed E-state index contributed by atoms with van der Waals surface area (Å²) in [5.41, 5.74) is 5.17. The number of fused-ring (bicyclic) bond motifs is 1. The van der Waals surface area contributed by atoms with E-state index in [1.54, 1.807) is 35.2 Å². The van der Waals surface area contributed by atoms with Crippen LogP contribution in [0.4, 0.5) is 0 Å². The first-order valence-corrected chi connectivity index (χ1v) is 14.6. The third-order valence-corrected chi connectivity index (χ3v) is 9.07. The largest absolute Gasteiger partial charge is 0.487 e. The van der Waals surface area contributed by atoms with Crippen molar-refractivity contribution in [2.45, 2.75) is 44.9 Å². The van der Waals surface area contributed by atoms with Crippen molar-refractivity contribution >= 4 is 33.2 Å². The summed E-state index contributed by atoms with van der Waals surface area (Å²) in [6.45, 7) is 1.05. The van der Waals surface area contributed by atoms with Crippen LogP contribution in [0.1, 0.15) is 41.6 Å². The molecule has 3 aromatic rings. The van der Waals surface area contributed by atoms with E-state index in [0.717, 1.165) is 36.3 Å². The van der Waals surface area contributed by atoms with Gasteiger partial charge in [0.15, 0.2) is 0 Å². The minimum Gasteiger partial charge on any atom is -0.487 e. The molecule has 1 aromatic carbocycles. The molecule has 1 saturated heterocycles. The molecule has 0 bridgehead atoms. The molecular formula is C28H30ClN3O4S. The topological polar surface area (TPSA) is 81.5 Å². The van der Waals surface area contributed by atoms with Gasteiger partial charge in [-0.2, -0.15) is 0 Å². The first kappa shape index (κ1) is 25.7. The van der Waals surface area contributed by atoms with Crippen molar-refractivity contribution in [3.8, 4) is 5.75 Å². The molecule has 0 N–H and O–H groups in total. The summed E-state index contributed by atoms with van der Waals surface area (Å²) in [4.78, 5) is 19.3. The molecule has 3 heterocycles. The fraction of sp³-hybridized carbons (Fsp3) is 0.357. The van der Waals surface area contributed by atoms with Crippen LogP contribution in [0, 0.1) is 0 Å². The predicted octanol–water partition coefficient (Wildman–Crippen LogP) is 4.43. The van der Waals surface area contributed by atoms with Gasteiger partial charge in [0.25, 0.3) is 5.56 Å². The zero-order valence-electron chi connectivity index (χ0n) is 20.8. The Kier molecular flexibility index (Phi) is 7.51. The summed E-state index contributed by atoms with van der Waals surface area (Å²) < 4.78 is 30.9. The lowest BCUT2D eigenvalue weighted by molar-refractivity contribution is 0.218. The van der Waals surface area contributed by atoms with Crippen LogP contribution in [0.2, 0.25) is 5.02 Å². The van der Waals surface area contributed by atoms with Crippen LogP contribution >= 0.6 is 11.6 Å². The van der Waals surface area contributed by atoms with Crippen LogP contribution in [0.25, 0.3) is 11.8 Å². The first-order valence-electron chi connectivity index (χ1n) is 12.5. The lowest BCUT2D eigenvalue weighted by atomic mass is 9.93. The second kappa shape index (κ2) is 10.8. The van der Waals surface area contributed by atoms with E-state index < -0.39 is 9.84 Å². The normalized spacial score (nSPS) is 17.3. The second-order valence-corrected chi connectivity index (χ2v) is 12.5. The van der Waals surface area contributed by atoms with Gasteiger partial charge >= 0.3 is 0 Å². The number of pyridine rings is 2. The van der Waals surface area contributed by atoms with Gasteiger partial charge in [0.05, 0.1) is 22.2 Å². The molecule has 2 aromatic heterocycles. The highest BCUT2D eigenvalue weighted by Crippen LogP contribution is 2.28. The molecular weight excluding hydrogens is 510 g/mol. The van der Waals surface area contributed by atoms with Crippen molar-refractivity contribution in [3.63, 3.8) is 0 Å². The lowest BCUT2D eigenvalue weighted by Gasteiger charge is -2.31. The summed E-state index contributed by atoms with van der Waals surface area (Å²) in [7, 11) is -0.779. The number of sulfone groups is 1. The van der Waals surface area contributed by atoms with E-state index in [-0.39, 0.29) is 23.7 Å². The Morgan fingerprint density at radius 1 is 1.11 bits per heavy atom. The lowest BCUT2D eigenvalue weighted by Crippen LogP contribution is -2.38. The van der Waals surface area contributed by atoms with Crippen molar-refractivity contribution < 1.29 is 13.2 Å². The number of rotatable bonds is 7. The van der Waals surface area contributed by atoms with Gasteiger partial charge < -0.3 is 4.74 Å². The van der Waals surface area contributed by atoms with Crippen LogP contribution < -0.4 is 10.3 Å². The van der Waals surface area contributed by atoms with E-state index >= 15 is 0 Å². The van der Waals surface area contributed by atoms with Gasteiger partial charge in [-0.3, -0.25) is 19.2 Å². The number of hydrogen-bond acceptors (Lipinski definition) is 6. The number of hydrogen-bond donors (Lipinski definition) is 0. The third-order valence-electron chi connectivity index (χ3n) is 7.14. The van der Waals surface area contributed by atoms with E-state index in [4.69, 9.17) is 16.3 Å². The molecule has 9 heteroatoms. The second-order valence-electron chi connectivity index (χ2n) is 9.79. The SMILES string of the molecule is CN(Cc1ccc2c(c1)CCC(n1ccc(OCc3ccc(Cl)cn3)cc1=O)=C2)C1CCS(=O)(=O)CC1. The molecule has 5 rings (SSSR count). The standard InChI is InChI=1S/C28H30ClN3O4S/c1-31(25-9-12-37(34,35)13-10-25)18-20-2-3-22-15-26(7-4-21(22)14-20)32-11-8-27(16-28(32)33)36-19-24-6-5-23(29)17-30-24/h2-3,5-6,8,11,14-17,25H,4,7,9-10,12-13,18-19H2,1H3. The van der Waals surface area contributed by atoms with Crippen molar-refractivity contribution in [3.05, 3.63) is 92.6 Å². The smallest absolute Gasteiger partial charge is 0.258 e. The summed E-state index contributed by atoms with van der Waals surface area (Å²) in [6.07, 6.45) is 8.43. The monoisotopic (exact) mass is 539 g/mol. The van der Waals surface area contributed by atoms with Crippen molar-refractivity contribution in [2.75, 3.05) is 18.6 Å². The number of aryl methyl sites for hydroxylation is 1. The highest BCUT2D eigenvalue weighted by Gasteiger charge is 2.26. The van der Waals surface area contributed by atoms with Crippen molar-refractivity contribution in [1.29, 1.82) is 0 Å². The third kappa shape index (κ3) is 6.32. The Morgan fingerprint density at radius 2 is 1.92 bits per heavy atom. The summed E-state index contributed by atoms with van der Waals surface area (Å²) >= 11 is 5.87. The predicted molar refractivity (Wildman–Crippen MR) is 146 cm³/mol. The number of halogens is 1. The Hall–Kier alpha value is -2.94. The Labute approximate surface area is 222 Å². The molecule has 0 saturated carbocycles. The van der Waals surface area contributed by atoms with Gasteiger partial charge in [-0.05, 0) is 73.7 Å². The zero-order chi connectivity index (χ0) is 26.0. The summed E-state index contributed by atoms with van der Waals surface area (Å²) in [5, 5.41) is 0.566. The van der Waals surface area contributed by atoms with Crippen molar-refractivity contribution in [1.82, 2.24) is 14.5 Å². The van der Waals surface area contributed by atoms with Crippen LogP contribution in [-0.2, 0) is 29.4 Å². The van der Waals surface area contributed by atoms with Gasteiger partial charge in [-0.15, -0.1) is 0 Å². The zero-order valence-corrected chi connectivity index (χ0v) is 22.3. The number of aromatic nitrogens is 2. The van der Waals surface area contributed by atoms with E-state index in [2.05, 4.69) is 41.2 Å². The molecule has 0 radical (unpaired) electrons. The number of benzene rings is 1. The maximum absolute atomic E-state index is 12.8. The molecule has 7 nitrogen and oxygen atoms in total. The van der Waals surface area contributed by atoms with E-state index in [1.165, 1.54) is 17.2 Å². The highest BCUT2D eigenvalue weighted by molar-refractivity contribution is 7.91. The average Bonchev–Trinajstić information content (AvgIpc) is 2.88. The highest BCUT2D eigenvalue weighted by atomic mass is 35.5. The van der Waals surface area contributed by atoms with Crippen LogP contribution in [-0.4, -0.2) is 47.5 Å². The molecule has 0 amide bonds. The van der Waals surface area contributed by atoms with E-state index in [0.29, 0.717) is 29.7 Å².